The van der Waals surface area contributed by atoms with E-state index in [1.807, 2.05) is 0 Å². The number of hydrogen-bond donors (Lipinski definition) is 2. The van der Waals surface area contributed by atoms with Crippen molar-refractivity contribution in [1.82, 2.24) is 15.1 Å². The summed E-state index contributed by atoms with van der Waals surface area (Å²) < 4.78 is 5.04. The maximum absolute atomic E-state index is 9.82. The van der Waals surface area contributed by atoms with Gasteiger partial charge in [0.2, 0.25) is 11.7 Å². The fourth-order valence-corrected chi connectivity index (χ4v) is 1.58. The van der Waals surface area contributed by atoms with Gasteiger partial charge in [0, 0.05) is 12.7 Å². The van der Waals surface area contributed by atoms with Gasteiger partial charge in [0.05, 0.1) is 17.0 Å². The predicted octanol–water partition coefficient (Wildman–Crippen LogP) is 1.04. The van der Waals surface area contributed by atoms with Crippen molar-refractivity contribution in [3.05, 3.63) is 29.2 Å². The number of nitrogens with zero attached hydrogens (tertiary/aromatic N) is 3. The molecule has 2 rings (SSSR count). The molecule has 1 unspecified atom stereocenters. The molecule has 0 saturated heterocycles. The van der Waals surface area contributed by atoms with E-state index in [0.717, 1.165) is 0 Å². The van der Waals surface area contributed by atoms with Crippen molar-refractivity contribution in [3.63, 3.8) is 0 Å². The Morgan fingerprint density at radius 3 is 3.00 bits per heavy atom. The van der Waals surface area contributed by atoms with Crippen molar-refractivity contribution >= 4 is 11.6 Å². The Balaban J connectivity index is 2.24. The average molecular weight is 269 g/mol. The molecular formula is C11H13ClN4O2. The molecule has 0 saturated carbocycles. The maximum Gasteiger partial charge on any atom is 0.229 e. The molecule has 7 heteroatoms. The van der Waals surface area contributed by atoms with Gasteiger partial charge in [-0.05, 0) is 19.1 Å². The van der Waals surface area contributed by atoms with Crippen LogP contribution in [0.5, 0.6) is 0 Å². The number of aliphatic hydroxyl groups is 1. The Hall–Kier alpha value is -1.50. The lowest BCUT2D eigenvalue weighted by atomic mass is 10.0. The van der Waals surface area contributed by atoms with Crippen molar-refractivity contribution in [2.45, 2.75) is 18.9 Å². The highest BCUT2D eigenvalue weighted by atomic mass is 35.5. The Bertz CT molecular complexity index is 541. The van der Waals surface area contributed by atoms with Crippen LogP contribution in [-0.2, 0) is 6.42 Å². The summed E-state index contributed by atoms with van der Waals surface area (Å²) in [5.74, 6) is 0.589. The second kappa shape index (κ2) is 5.01. The SMILES string of the molecule is CC(O)(CN)Cc1nc(-c2ncccc2Cl)no1. The first-order valence-corrected chi connectivity index (χ1v) is 5.75. The molecule has 3 N–H and O–H groups in total. The summed E-state index contributed by atoms with van der Waals surface area (Å²) in [6.07, 6.45) is 1.77. The number of halogens is 1. The zero-order valence-corrected chi connectivity index (χ0v) is 10.6. The fourth-order valence-electron chi connectivity index (χ4n) is 1.37. The third-order valence-electron chi connectivity index (χ3n) is 2.41. The first-order chi connectivity index (χ1) is 8.52. The van der Waals surface area contributed by atoms with Crippen LogP contribution in [0.3, 0.4) is 0 Å². The number of rotatable bonds is 4. The lowest BCUT2D eigenvalue weighted by molar-refractivity contribution is 0.0610. The van der Waals surface area contributed by atoms with Crippen molar-refractivity contribution < 1.29 is 9.63 Å². The van der Waals surface area contributed by atoms with Gasteiger partial charge in [0.25, 0.3) is 0 Å². The van der Waals surface area contributed by atoms with Crippen LogP contribution in [0.25, 0.3) is 11.5 Å². The second-order valence-electron chi connectivity index (χ2n) is 4.22. The van der Waals surface area contributed by atoms with Gasteiger partial charge < -0.3 is 15.4 Å². The summed E-state index contributed by atoms with van der Waals surface area (Å²) in [4.78, 5) is 8.21. The van der Waals surface area contributed by atoms with Gasteiger partial charge in [-0.15, -0.1) is 0 Å². The molecule has 0 aliphatic rings. The van der Waals surface area contributed by atoms with Gasteiger partial charge in [-0.3, -0.25) is 4.98 Å². The monoisotopic (exact) mass is 268 g/mol. The molecule has 6 nitrogen and oxygen atoms in total. The van der Waals surface area contributed by atoms with Crippen LogP contribution in [0.15, 0.2) is 22.9 Å². The standard InChI is InChI=1S/C11H13ClN4O2/c1-11(17,6-13)5-8-15-10(16-18-8)9-7(12)3-2-4-14-9/h2-4,17H,5-6,13H2,1H3. The van der Waals surface area contributed by atoms with E-state index in [4.69, 9.17) is 21.9 Å². The molecule has 0 aliphatic heterocycles. The topological polar surface area (TPSA) is 98.1 Å². The van der Waals surface area contributed by atoms with Crippen LogP contribution in [-0.4, -0.2) is 32.4 Å². The molecule has 0 aliphatic carbocycles. The van der Waals surface area contributed by atoms with Crippen molar-refractivity contribution in [2.75, 3.05) is 6.54 Å². The van der Waals surface area contributed by atoms with Crippen molar-refractivity contribution in [3.8, 4) is 11.5 Å². The summed E-state index contributed by atoms with van der Waals surface area (Å²) in [6, 6.07) is 3.40. The Morgan fingerprint density at radius 1 is 1.56 bits per heavy atom. The van der Waals surface area contributed by atoms with Crippen LogP contribution in [0.2, 0.25) is 5.02 Å². The minimum absolute atomic E-state index is 0.106. The Kier molecular flexibility index (Phi) is 3.60. The van der Waals surface area contributed by atoms with Gasteiger partial charge in [0.15, 0.2) is 0 Å². The molecule has 0 bridgehead atoms. The van der Waals surface area contributed by atoms with Crippen LogP contribution >= 0.6 is 11.6 Å². The Morgan fingerprint density at radius 2 is 2.33 bits per heavy atom. The molecule has 0 fully saturated rings. The molecule has 0 spiro atoms. The normalized spacial score (nSPS) is 14.4. The highest BCUT2D eigenvalue weighted by Gasteiger charge is 2.23. The summed E-state index contributed by atoms with van der Waals surface area (Å²) >= 11 is 5.97. The van der Waals surface area contributed by atoms with E-state index in [0.29, 0.717) is 22.4 Å². The zero-order chi connectivity index (χ0) is 13.2. The van der Waals surface area contributed by atoms with Crippen LogP contribution in [0.4, 0.5) is 0 Å². The summed E-state index contributed by atoms with van der Waals surface area (Å²) in [5.41, 5.74) is 4.80. The smallest absolute Gasteiger partial charge is 0.229 e. The van der Waals surface area contributed by atoms with E-state index in [1.165, 1.54) is 0 Å². The van der Waals surface area contributed by atoms with E-state index >= 15 is 0 Å². The predicted molar refractivity (Wildman–Crippen MR) is 65.9 cm³/mol. The maximum atomic E-state index is 9.82. The van der Waals surface area contributed by atoms with Gasteiger partial charge in [-0.25, -0.2) is 0 Å². The number of hydrogen-bond acceptors (Lipinski definition) is 6. The first kappa shape index (κ1) is 12.9. The molecule has 0 amide bonds. The second-order valence-corrected chi connectivity index (χ2v) is 4.63. The lowest BCUT2D eigenvalue weighted by Gasteiger charge is -2.17. The Labute approximate surface area is 109 Å². The molecule has 0 radical (unpaired) electrons. The van der Waals surface area contributed by atoms with E-state index in [-0.39, 0.29) is 13.0 Å². The van der Waals surface area contributed by atoms with E-state index in [9.17, 15) is 5.11 Å². The third-order valence-corrected chi connectivity index (χ3v) is 2.72. The molecule has 18 heavy (non-hydrogen) atoms. The largest absolute Gasteiger partial charge is 0.388 e. The molecule has 2 aromatic rings. The van der Waals surface area contributed by atoms with E-state index < -0.39 is 5.60 Å². The summed E-state index contributed by atoms with van der Waals surface area (Å²) in [7, 11) is 0. The minimum Gasteiger partial charge on any atom is -0.388 e. The van der Waals surface area contributed by atoms with Gasteiger partial charge >= 0.3 is 0 Å². The van der Waals surface area contributed by atoms with Crippen LogP contribution in [0.1, 0.15) is 12.8 Å². The average Bonchev–Trinajstić information content (AvgIpc) is 2.77. The van der Waals surface area contributed by atoms with Crippen molar-refractivity contribution in [2.24, 2.45) is 5.73 Å². The quantitative estimate of drug-likeness (QED) is 0.860. The first-order valence-electron chi connectivity index (χ1n) is 5.38. The van der Waals surface area contributed by atoms with E-state index in [2.05, 4.69) is 15.1 Å². The number of aromatic nitrogens is 3. The molecule has 0 aromatic carbocycles. The minimum atomic E-state index is -1.07. The lowest BCUT2D eigenvalue weighted by Crippen LogP contribution is -2.36. The molecule has 1 atom stereocenters. The highest BCUT2D eigenvalue weighted by molar-refractivity contribution is 6.32. The third kappa shape index (κ3) is 2.84. The van der Waals surface area contributed by atoms with Gasteiger partial charge in [-0.2, -0.15) is 4.98 Å². The van der Waals surface area contributed by atoms with Crippen LogP contribution < -0.4 is 5.73 Å². The van der Waals surface area contributed by atoms with Crippen LogP contribution in [0, 0.1) is 0 Å². The van der Waals surface area contributed by atoms with Gasteiger partial charge in [0.1, 0.15) is 5.69 Å². The number of pyridine rings is 1. The summed E-state index contributed by atoms with van der Waals surface area (Å²) in [6.45, 7) is 1.71. The van der Waals surface area contributed by atoms with Crippen molar-refractivity contribution in [1.29, 1.82) is 0 Å². The van der Waals surface area contributed by atoms with E-state index in [1.54, 1.807) is 25.3 Å². The summed E-state index contributed by atoms with van der Waals surface area (Å²) in [5, 5.41) is 14.0. The van der Waals surface area contributed by atoms with Gasteiger partial charge in [-0.1, -0.05) is 16.8 Å². The molecule has 2 heterocycles. The highest BCUT2D eigenvalue weighted by Crippen LogP contribution is 2.23. The number of nitrogens with two attached hydrogens (primary N) is 1. The molecule has 2 aromatic heterocycles. The molecule has 96 valence electrons. The molecular weight excluding hydrogens is 256 g/mol. The fraction of sp³-hybridized carbons (Fsp3) is 0.364. The zero-order valence-electron chi connectivity index (χ0n) is 9.80.